The number of thiol groups is 1. The fourth-order valence-corrected chi connectivity index (χ4v) is 1.43. The molecule has 0 saturated carbocycles. The number of benzene rings is 1. The monoisotopic (exact) mass is 170 g/mol. The zero-order valence-electron chi connectivity index (χ0n) is 5.82. The Morgan fingerprint density at radius 3 is 2.40 bits per heavy atom. The van der Waals surface area contributed by atoms with Crippen molar-refractivity contribution in [2.24, 2.45) is 0 Å². The number of hydrogen-bond donors (Lipinski definition) is 1. The van der Waals surface area contributed by atoms with E-state index in [1.54, 1.807) is 10.8 Å². The molecule has 1 aromatic rings. The Balaban J connectivity index is 2.75. The molecular weight excluding hydrogens is 160 g/mol. The van der Waals surface area contributed by atoms with E-state index in [2.05, 4.69) is 42.9 Å². The predicted molar refractivity (Wildman–Crippen MR) is 51.4 cm³/mol. The summed E-state index contributed by atoms with van der Waals surface area (Å²) in [6.07, 6.45) is 0. The maximum atomic E-state index is 4.14. The highest BCUT2D eigenvalue weighted by molar-refractivity contribution is 8.68. The first-order valence-corrected chi connectivity index (χ1v) is 5.13. The molecule has 0 spiro atoms. The minimum absolute atomic E-state index is 0.490. The van der Waals surface area contributed by atoms with Gasteiger partial charge in [-0.15, -0.1) is 11.7 Å². The van der Waals surface area contributed by atoms with Crippen molar-refractivity contribution in [2.45, 2.75) is 12.2 Å². The van der Waals surface area contributed by atoms with E-state index in [0.717, 1.165) is 0 Å². The van der Waals surface area contributed by atoms with Gasteiger partial charge in [-0.25, -0.2) is 0 Å². The smallest absolute Gasteiger partial charge is 0.0370 e. The highest BCUT2D eigenvalue weighted by Crippen LogP contribution is 2.29. The normalized spacial score (nSPS) is 13.0. The molecule has 0 radical (unpaired) electrons. The highest BCUT2D eigenvalue weighted by atomic mass is 33.1. The number of rotatable bonds is 2. The lowest BCUT2D eigenvalue weighted by Gasteiger charge is -2.05. The van der Waals surface area contributed by atoms with Gasteiger partial charge in [-0.2, -0.15) is 0 Å². The van der Waals surface area contributed by atoms with Crippen LogP contribution in [0.5, 0.6) is 0 Å². The van der Waals surface area contributed by atoms with Crippen LogP contribution in [-0.2, 0) is 0 Å². The first kappa shape index (κ1) is 8.02. The second kappa shape index (κ2) is 3.94. The van der Waals surface area contributed by atoms with Crippen LogP contribution in [-0.4, -0.2) is 0 Å². The van der Waals surface area contributed by atoms with Crippen LogP contribution in [0.25, 0.3) is 0 Å². The van der Waals surface area contributed by atoms with Crippen molar-refractivity contribution in [1.82, 2.24) is 0 Å². The summed E-state index contributed by atoms with van der Waals surface area (Å²) in [7, 11) is 1.57. The molecule has 1 unspecified atom stereocenters. The van der Waals surface area contributed by atoms with Crippen LogP contribution in [0.3, 0.4) is 0 Å². The summed E-state index contributed by atoms with van der Waals surface area (Å²) in [6.45, 7) is 2.15. The maximum absolute atomic E-state index is 4.14. The van der Waals surface area contributed by atoms with Gasteiger partial charge in [0.1, 0.15) is 0 Å². The van der Waals surface area contributed by atoms with Gasteiger partial charge >= 0.3 is 0 Å². The Morgan fingerprint density at radius 2 is 1.90 bits per heavy atom. The predicted octanol–water partition coefficient (Wildman–Crippen LogP) is 3.33. The average Bonchev–Trinajstić information content (AvgIpc) is 2.05. The van der Waals surface area contributed by atoms with Gasteiger partial charge in [0.05, 0.1) is 0 Å². The third kappa shape index (κ3) is 1.96. The Kier molecular flexibility index (Phi) is 3.16. The van der Waals surface area contributed by atoms with Crippen LogP contribution in [0.1, 0.15) is 17.7 Å². The van der Waals surface area contributed by atoms with Crippen molar-refractivity contribution >= 4 is 22.5 Å². The summed E-state index contributed by atoms with van der Waals surface area (Å²) in [5.74, 6) is 0. The molecule has 0 nitrogen and oxygen atoms in total. The van der Waals surface area contributed by atoms with Crippen molar-refractivity contribution < 1.29 is 0 Å². The molecule has 1 rings (SSSR count). The summed E-state index contributed by atoms with van der Waals surface area (Å²) >= 11 is 4.14. The molecule has 0 aromatic heterocycles. The number of hydrogen-bond acceptors (Lipinski definition) is 2. The molecule has 54 valence electrons. The fourth-order valence-electron chi connectivity index (χ4n) is 0.785. The first-order valence-electron chi connectivity index (χ1n) is 3.19. The minimum atomic E-state index is 0.490. The van der Waals surface area contributed by atoms with Crippen LogP contribution >= 0.6 is 22.5 Å². The molecule has 0 aliphatic heterocycles. The Bertz CT molecular complexity index is 184. The van der Waals surface area contributed by atoms with Crippen molar-refractivity contribution in [2.75, 3.05) is 0 Å². The third-order valence-electron chi connectivity index (χ3n) is 1.43. The van der Waals surface area contributed by atoms with Crippen molar-refractivity contribution in [1.29, 1.82) is 0 Å². The Hall–Kier alpha value is -0.0800. The molecular formula is C8H10S2. The van der Waals surface area contributed by atoms with Gasteiger partial charge in [0.2, 0.25) is 0 Å². The molecule has 0 saturated heterocycles. The van der Waals surface area contributed by atoms with Crippen molar-refractivity contribution in [3.63, 3.8) is 0 Å². The van der Waals surface area contributed by atoms with E-state index in [-0.39, 0.29) is 0 Å². The Labute approximate surface area is 70.8 Å². The molecule has 0 aliphatic rings. The summed E-state index contributed by atoms with van der Waals surface area (Å²) < 4.78 is 0. The van der Waals surface area contributed by atoms with Crippen molar-refractivity contribution in [3.8, 4) is 0 Å². The second-order valence-electron chi connectivity index (χ2n) is 2.16. The van der Waals surface area contributed by atoms with E-state index in [9.17, 15) is 0 Å². The van der Waals surface area contributed by atoms with Crippen LogP contribution in [0, 0.1) is 0 Å². The van der Waals surface area contributed by atoms with E-state index >= 15 is 0 Å². The van der Waals surface area contributed by atoms with E-state index in [0.29, 0.717) is 5.25 Å². The van der Waals surface area contributed by atoms with Gasteiger partial charge in [0.15, 0.2) is 0 Å². The van der Waals surface area contributed by atoms with E-state index in [1.165, 1.54) is 5.56 Å². The van der Waals surface area contributed by atoms with Gasteiger partial charge in [0.25, 0.3) is 0 Å². The van der Waals surface area contributed by atoms with Gasteiger partial charge in [-0.1, -0.05) is 41.1 Å². The lowest BCUT2D eigenvalue weighted by molar-refractivity contribution is 1.11. The third-order valence-corrected chi connectivity index (χ3v) is 2.96. The molecule has 0 bridgehead atoms. The van der Waals surface area contributed by atoms with Gasteiger partial charge < -0.3 is 0 Å². The Morgan fingerprint density at radius 1 is 1.30 bits per heavy atom. The first-order chi connectivity index (χ1) is 4.84. The zero-order valence-corrected chi connectivity index (χ0v) is 7.53. The minimum Gasteiger partial charge on any atom is -0.111 e. The molecule has 0 N–H and O–H groups in total. The summed E-state index contributed by atoms with van der Waals surface area (Å²) in [5, 5.41) is 0.490. The van der Waals surface area contributed by atoms with Crippen LogP contribution < -0.4 is 0 Å². The van der Waals surface area contributed by atoms with Gasteiger partial charge in [-0.3, -0.25) is 0 Å². The van der Waals surface area contributed by atoms with Gasteiger partial charge in [-0.05, 0) is 12.5 Å². The SMILES string of the molecule is CC(SS)c1ccccc1. The van der Waals surface area contributed by atoms with Crippen LogP contribution in [0.4, 0.5) is 0 Å². The van der Waals surface area contributed by atoms with E-state index < -0.39 is 0 Å². The van der Waals surface area contributed by atoms with E-state index in [1.807, 2.05) is 6.07 Å². The molecule has 0 aliphatic carbocycles. The zero-order chi connectivity index (χ0) is 7.40. The van der Waals surface area contributed by atoms with E-state index in [4.69, 9.17) is 0 Å². The molecule has 0 amide bonds. The summed E-state index contributed by atoms with van der Waals surface area (Å²) in [4.78, 5) is 0. The lowest BCUT2D eigenvalue weighted by Crippen LogP contribution is -1.82. The molecule has 0 fully saturated rings. The molecule has 1 atom stereocenters. The molecule has 1 aromatic carbocycles. The van der Waals surface area contributed by atoms with Crippen LogP contribution in [0.2, 0.25) is 0 Å². The molecule has 10 heavy (non-hydrogen) atoms. The highest BCUT2D eigenvalue weighted by Gasteiger charge is 2.00. The summed E-state index contributed by atoms with van der Waals surface area (Å²) in [6, 6.07) is 10.4. The maximum Gasteiger partial charge on any atom is 0.0370 e. The average molecular weight is 170 g/mol. The largest absolute Gasteiger partial charge is 0.111 e. The molecule has 2 heteroatoms. The standard InChI is InChI=1S/C8H10S2/c1-7(10-9)8-5-3-2-4-6-8/h2-7,9H,1H3. The van der Waals surface area contributed by atoms with Gasteiger partial charge in [0, 0.05) is 5.25 Å². The molecule has 0 heterocycles. The summed E-state index contributed by atoms with van der Waals surface area (Å²) in [5.41, 5.74) is 1.34. The second-order valence-corrected chi connectivity index (χ2v) is 3.71. The fraction of sp³-hybridized carbons (Fsp3) is 0.250. The van der Waals surface area contributed by atoms with Crippen molar-refractivity contribution in [3.05, 3.63) is 35.9 Å². The topological polar surface area (TPSA) is 0 Å². The van der Waals surface area contributed by atoms with Crippen LogP contribution in [0.15, 0.2) is 30.3 Å². The lowest BCUT2D eigenvalue weighted by atomic mass is 10.2. The quantitative estimate of drug-likeness (QED) is 0.525.